The molecule has 6 heteroatoms. The molecule has 2 atom stereocenters. The van der Waals surface area contributed by atoms with E-state index < -0.39 is 0 Å². The van der Waals surface area contributed by atoms with Crippen LogP contribution in [0.5, 0.6) is 0 Å². The topological polar surface area (TPSA) is 54.5 Å². The van der Waals surface area contributed by atoms with E-state index in [0.29, 0.717) is 0 Å². The molecule has 0 fully saturated rings. The summed E-state index contributed by atoms with van der Waals surface area (Å²) in [7, 11) is 0. The van der Waals surface area contributed by atoms with Crippen LogP contribution in [-0.2, 0) is 0 Å². The third-order valence-corrected chi connectivity index (χ3v) is 12.7. The molecule has 2 N–H and O–H groups in total. The van der Waals surface area contributed by atoms with E-state index in [2.05, 4.69) is 191 Å². The number of rotatable bonds is 5. The number of aliphatic imine (C=N–C) groups is 1. The zero-order valence-electron chi connectivity index (χ0n) is 30.7. The summed E-state index contributed by atoms with van der Waals surface area (Å²) in [4.78, 5) is 5.22. The molecule has 12 rings (SSSR count). The van der Waals surface area contributed by atoms with Gasteiger partial charge in [-0.25, -0.2) is 4.99 Å². The second-order valence-electron chi connectivity index (χ2n) is 14.8. The largest absolute Gasteiger partial charge is 0.456 e. The summed E-state index contributed by atoms with van der Waals surface area (Å²) in [6.45, 7) is 0. The molecule has 1 aliphatic heterocycles. The zero-order valence-corrected chi connectivity index (χ0v) is 31.5. The van der Waals surface area contributed by atoms with Gasteiger partial charge in [0.05, 0.1) is 22.1 Å². The Bertz CT molecular complexity index is 3320. The highest BCUT2D eigenvalue weighted by molar-refractivity contribution is 7.26. The van der Waals surface area contributed by atoms with Gasteiger partial charge in [0.1, 0.15) is 29.3 Å². The van der Waals surface area contributed by atoms with Crippen LogP contribution in [0.25, 0.3) is 80.7 Å². The molecule has 5 nitrogen and oxygen atoms in total. The molecule has 0 amide bonds. The highest BCUT2D eigenvalue weighted by Crippen LogP contribution is 2.44. The smallest absolute Gasteiger partial charge is 0.137 e. The van der Waals surface area contributed by atoms with Gasteiger partial charge in [0, 0.05) is 41.9 Å². The van der Waals surface area contributed by atoms with Gasteiger partial charge in [-0.05, 0) is 64.7 Å². The third-order valence-electron chi connectivity index (χ3n) is 11.5. The summed E-state index contributed by atoms with van der Waals surface area (Å²) in [5, 5.41) is 14.7. The maximum atomic E-state index is 6.55. The molecule has 4 heterocycles. The van der Waals surface area contributed by atoms with E-state index in [1.807, 2.05) is 17.4 Å². The van der Waals surface area contributed by atoms with E-state index in [1.165, 1.54) is 58.7 Å². The highest BCUT2D eigenvalue weighted by atomic mass is 32.1. The molecular formula is C51H34N4OS. The Kier molecular flexibility index (Phi) is 7.24. The molecule has 0 radical (unpaired) electrons. The molecule has 0 aliphatic carbocycles. The molecule has 0 saturated heterocycles. The SMILES string of the molecule is c1ccc(C2=NC(c3ccc4c(c3)sc3c(-c5ccc6oc7cccc(-n8c9ccccc9c9ccccc98)c7c6c5)cccc34)NC(c3ccccc3)N2)cc1. The van der Waals surface area contributed by atoms with Crippen LogP contribution in [0.15, 0.2) is 191 Å². The number of nitrogens with zero attached hydrogens (tertiary/aromatic N) is 2. The first kappa shape index (κ1) is 32.3. The van der Waals surface area contributed by atoms with Gasteiger partial charge in [-0.15, -0.1) is 11.3 Å². The van der Waals surface area contributed by atoms with Crippen LogP contribution < -0.4 is 10.6 Å². The average Bonchev–Trinajstić information content (AvgIpc) is 3.96. The molecule has 270 valence electrons. The van der Waals surface area contributed by atoms with Crippen LogP contribution >= 0.6 is 11.3 Å². The van der Waals surface area contributed by atoms with Crippen LogP contribution in [0, 0.1) is 0 Å². The van der Waals surface area contributed by atoms with E-state index >= 15 is 0 Å². The number of hydrogen-bond donors (Lipinski definition) is 2. The molecule has 0 saturated carbocycles. The van der Waals surface area contributed by atoms with Crippen molar-refractivity contribution in [2.24, 2.45) is 4.99 Å². The second kappa shape index (κ2) is 12.8. The number of aromatic nitrogens is 1. The summed E-state index contributed by atoms with van der Waals surface area (Å²) >= 11 is 1.85. The van der Waals surface area contributed by atoms with Gasteiger partial charge in [-0.1, -0.05) is 140 Å². The number of amidine groups is 1. The van der Waals surface area contributed by atoms with Gasteiger partial charge in [0.25, 0.3) is 0 Å². The zero-order chi connectivity index (χ0) is 37.5. The molecule has 8 aromatic carbocycles. The molecule has 0 bridgehead atoms. The van der Waals surface area contributed by atoms with E-state index in [1.54, 1.807) is 0 Å². The van der Waals surface area contributed by atoms with E-state index in [-0.39, 0.29) is 12.3 Å². The van der Waals surface area contributed by atoms with Crippen LogP contribution in [-0.4, -0.2) is 10.4 Å². The van der Waals surface area contributed by atoms with Crippen LogP contribution in [0.1, 0.15) is 29.0 Å². The summed E-state index contributed by atoms with van der Waals surface area (Å²) in [6, 6.07) is 64.9. The van der Waals surface area contributed by atoms with E-state index in [9.17, 15) is 0 Å². The Morgan fingerprint density at radius 2 is 1.25 bits per heavy atom. The summed E-state index contributed by atoms with van der Waals surface area (Å²) in [6.07, 6.45) is -0.306. The van der Waals surface area contributed by atoms with Crippen molar-refractivity contribution < 1.29 is 4.42 Å². The predicted molar refractivity (Wildman–Crippen MR) is 238 cm³/mol. The normalized spacial score (nSPS) is 15.9. The minimum Gasteiger partial charge on any atom is -0.456 e. The van der Waals surface area contributed by atoms with Crippen LogP contribution in [0.2, 0.25) is 0 Å². The molecule has 1 aliphatic rings. The van der Waals surface area contributed by atoms with Gasteiger partial charge < -0.3 is 14.3 Å². The number of para-hydroxylation sites is 2. The lowest BCUT2D eigenvalue weighted by molar-refractivity contribution is 0.409. The Morgan fingerprint density at radius 3 is 2.05 bits per heavy atom. The fourth-order valence-corrected chi connectivity index (χ4v) is 10.1. The Labute approximate surface area is 332 Å². The molecule has 2 unspecified atom stereocenters. The van der Waals surface area contributed by atoms with Crippen LogP contribution in [0.4, 0.5) is 0 Å². The Hall–Kier alpha value is -6.99. The quantitative estimate of drug-likeness (QED) is 0.184. The van der Waals surface area contributed by atoms with E-state index in [4.69, 9.17) is 9.41 Å². The summed E-state index contributed by atoms with van der Waals surface area (Å²) in [5.41, 5.74) is 11.0. The molecular weight excluding hydrogens is 717 g/mol. The standard InChI is InChI=1S/C51H34N4OS/c1-3-13-31(14-4-1)49-52-50(32-15-5-2-6-16-32)54-51(53-49)34-25-27-38-39-20-11-19-35(48(39)57-46(38)30-34)33-26-28-44-40(29-33)47-43(23-12-24-45(47)56-44)55-41-21-9-7-17-36(41)37-18-8-10-22-42(37)55/h1-30,49,51,53H,(H,52,54). The molecule has 3 aromatic heterocycles. The number of benzene rings is 8. The van der Waals surface area contributed by atoms with Gasteiger partial charge >= 0.3 is 0 Å². The van der Waals surface area contributed by atoms with Crippen molar-refractivity contribution in [3.63, 3.8) is 0 Å². The van der Waals surface area contributed by atoms with Crippen molar-refractivity contribution in [2.75, 3.05) is 0 Å². The second-order valence-corrected chi connectivity index (χ2v) is 15.8. The fourth-order valence-electron chi connectivity index (χ4n) is 8.85. The molecule has 57 heavy (non-hydrogen) atoms. The Morgan fingerprint density at radius 1 is 0.526 bits per heavy atom. The maximum Gasteiger partial charge on any atom is 0.137 e. The monoisotopic (exact) mass is 750 g/mol. The van der Waals surface area contributed by atoms with Crippen molar-refractivity contribution in [1.29, 1.82) is 0 Å². The molecule has 0 spiro atoms. The van der Waals surface area contributed by atoms with Crippen molar-refractivity contribution in [3.8, 4) is 16.8 Å². The van der Waals surface area contributed by atoms with Gasteiger partial charge in [-0.3, -0.25) is 5.32 Å². The number of thiophene rings is 1. The van der Waals surface area contributed by atoms with Crippen LogP contribution in [0.3, 0.4) is 0 Å². The number of hydrogen-bond acceptors (Lipinski definition) is 5. The minimum atomic E-state index is -0.221. The first-order chi connectivity index (χ1) is 28.2. The lowest BCUT2D eigenvalue weighted by Crippen LogP contribution is -2.44. The first-order valence-electron chi connectivity index (χ1n) is 19.4. The van der Waals surface area contributed by atoms with Crippen molar-refractivity contribution in [2.45, 2.75) is 12.3 Å². The van der Waals surface area contributed by atoms with Gasteiger partial charge in [0.15, 0.2) is 0 Å². The minimum absolute atomic E-state index is 0.0852. The average molecular weight is 751 g/mol. The van der Waals surface area contributed by atoms with Crippen molar-refractivity contribution in [3.05, 3.63) is 199 Å². The number of nitrogens with one attached hydrogen (secondary N) is 2. The van der Waals surface area contributed by atoms with Crippen molar-refractivity contribution >= 4 is 81.1 Å². The maximum absolute atomic E-state index is 6.55. The lowest BCUT2D eigenvalue weighted by atomic mass is 9.99. The van der Waals surface area contributed by atoms with Gasteiger partial charge in [0.2, 0.25) is 0 Å². The predicted octanol–water partition coefficient (Wildman–Crippen LogP) is 13.1. The first-order valence-corrected chi connectivity index (χ1v) is 20.2. The number of furan rings is 1. The number of fused-ring (bicyclic) bond motifs is 9. The molecule has 11 aromatic rings. The lowest BCUT2D eigenvalue weighted by Gasteiger charge is -2.32. The third kappa shape index (κ3) is 5.15. The highest BCUT2D eigenvalue weighted by Gasteiger charge is 2.26. The fraction of sp³-hybridized carbons (Fsp3) is 0.0392. The van der Waals surface area contributed by atoms with E-state index in [0.717, 1.165) is 44.6 Å². The van der Waals surface area contributed by atoms with Gasteiger partial charge in [-0.2, -0.15) is 0 Å². The summed E-state index contributed by atoms with van der Waals surface area (Å²) < 4.78 is 11.5. The Balaban J connectivity index is 0.987. The summed E-state index contributed by atoms with van der Waals surface area (Å²) in [5.74, 6) is 0.885. The van der Waals surface area contributed by atoms with Crippen molar-refractivity contribution in [1.82, 2.24) is 15.2 Å².